The van der Waals surface area contributed by atoms with Crippen LogP contribution in [0.2, 0.25) is 0 Å². The number of carbonyl (C=O) groups is 2. The van der Waals surface area contributed by atoms with Crippen molar-refractivity contribution in [2.45, 2.75) is 47.1 Å². The summed E-state index contributed by atoms with van der Waals surface area (Å²) < 4.78 is 0. The fourth-order valence-electron chi connectivity index (χ4n) is 2.81. The van der Waals surface area contributed by atoms with E-state index in [1.165, 1.54) is 5.56 Å². The largest absolute Gasteiger partial charge is 0.351 e. The Kier molecular flexibility index (Phi) is 5.45. The van der Waals surface area contributed by atoms with Crippen LogP contribution in [0.4, 0.5) is 0 Å². The molecule has 0 aromatic heterocycles. The Morgan fingerprint density at radius 2 is 1.74 bits per heavy atom. The topological polar surface area (TPSA) is 49.4 Å². The summed E-state index contributed by atoms with van der Waals surface area (Å²) in [5.74, 6) is 0.394. The Bertz CT molecular complexity index is 555. The minimum Gasteiger partial charge on any atom is -0.351 e. The highest BCUT2D eigenvalue weighted by Crippen LogP contribution is 2.24. The third kappa shape index (κ3) is 4.34. The number of aryl methyl sites for hydroxylation is 1. The van der Waals surface area contributed by atoms with Crippen LogP contribution in [0.15, 0.2) is 24.3 Å². The van der Waals surface area contributed by atoms with Crippen molar-refractivity contribution < 1.29 is 9.59 Å². The Morgan fingerprint density at radius 1 is 1.17 bits per heavy atom. The lowest BCUT2D eigenvalue weighted by Crippen LogP contribution is -2.51. The van der Waals surface area contributed by atoms with E-state index in [0.717, 1.165) is 31.5 Å². The number of benzene rings is 1. The van der Waals surface area contributed by atoms with Crippen LogP contribution in [-0.4, -0.2) is 29.8 Å². The van der Waals surface area contributed by atoms with E-state index in [2.05, 4.69) is 12.2 Å². The van der Waals surface area contributed by atoms with Gasteiger partial charge in [-0.25, -0.2) is 0 Å². The quantitative estimate of drug-likeness (QED) is 0.868. The normalized spacial score (nSPS) is 16.3. The first-order valence-corrected chi connectivity index (χ1v) is 8.44. The average Bonchev–Trinajstić information content (AvgIpc) is 2.54. The van der Waals surface area contributed by atoms with Crippen LogP contribution >= 0.6 is 0 Å². The minimum absolute atomic E-state index is 0.0641. The first-order valence-electron chi connectivity index (χ1n) is 8.44. The van der Waals surface area contributed by atoms with E-state index >= 15 is 0 Å². The molecule has 23 heavy (non-hydrogen) atoms. The van der Waals surface area contributed by atoms with E-state index in [9.17, 15) is 9.59 Å². The molecule has 4 heteroatoms. The summed E-state index contributed by atoms with van der Waals surface area (Å²) >= 11 is 0. The van der Waals surface area contributed by atoms with Crippen molar-refractivity contribution in [2.75, 3.05) is 13.1 Å². The third-order valence-electron chi connectivity index (χ3n) is 4.75. The molecule has 1 N–H and O–H groups in total. The van der Waals surface area contributed by atoms with Gasteiger partial charge in [0.15, 0.2) is 0 Å². The van der Waals surface area contributed by atoms with Crippen molar-refractivity contribution in [1.29, 1.82) is 0 Å². The Balaban J connectivity index is 1.93. The number of hydrogen-bond donors (Lipinski definition) is 1. The van der Waals surface area contributed by atoms with Crippen LogP contribution in [0.3, 0.4) is 0 Å². The first kappa shape index (κ1) is 17.5. The zero-order valence-electron chi connectivity index (χ0n) is 14.7. The number of carbonyl (C=O) groups excluding carboxylic acids is 2. The van der Waals surface area contributed by atoms with Crippen LogP contribution in [0, 0.1) is 18.3 Å². The summed E-state index contributed by atoms with van der Waals surface area (Å²) in [5.41, 5.74) is 1.21. The molecule has 0 spiro atoms. The highest BCUT2D eigenvalue weighted by Gasteiger charge is 2.39. The van der Waals surface area contributed by atoms with Crippen LogP contribution < -0.4 is 5.32 Å². The van der Waals surface area contributed by atoms with Gasteiger partial charge in [0, 0.05) is 19.6 Å². The van der Waals surface area contributed by atoms with Crippen molar-refractivity contribution in [2.24, 2.45) is 11.3 Å². The molecule has 0 saturated carbocycles. The van der Waals surface area contributed by atoms with E-state index in [1.54, 1.807) is 13.8 Å². The zero-order valence-corrected chi connectivity index (χ0v) is 14.7. The molecule has 0 bridgehead atoms. The third-order valence-corrected chi connectivity index (χ3v) is 4.75. The lowest BCUT2D eigenvalue weighted by Gasteiger charge is -2.35. The summed E-state index contributed by atoms with van der Waals surface area (Å²) in [6, 6.07) is 8.03. The van der Waals surface area contributed by atoms with Crippen molar-refractivity contribution in [3.05, 3.63) is 35.4 Å². The maximum atomic E-state index is 12.7. The molecular weight excluding hydrogens is 288 g/mol. The summed E-state index contributed by atoms with van der Waals surface area (Å²) in [5, 5.41) is 2.90. The fourth-order valence-corrected chi connectivity index (χ4v) is 2.81. The number of nitrogens with one attached hydrogen (secondary N) is 1. The molecule has 1 heterocycles. The molecule has 1 aromatic carbocycles. The number of piperidine rings is 1. The van der Waals surface area contributed by atoms with E-state index in [4.69, 9.17) is 0 Å². The van der Waals surface area contributed by atoms with E-state index in [0.29, 0.717) is 12.5 Å². The monoisotopic (exact) mass is 316 g/mol. The molecule has 0 unspecified atom stereocenters. The van der Waals surface area contributed by atoms with Crippen molar-refractivity contribution in [3.8, 4) is 0 Å². The molecule has 1 aliphatic rings. The molecule has 1 saturated heterocycles. The molecule has 2 amide bonds. The highest BCUT2D eigenvalue weighted by atomic mass is 16.2. The van der Waals surface area contributed by atoms with Gasteiger partial charge in [0.2, 0.25) is 11.8 Å². The Morgan fingerprint density at radius 3 is 2.30 bits per heavy atom. The second-order valence-corrected chi connectivity index (χ2v) is 7.27. The van der Waals surface area contributed by atoms with E-state index in [1.807, 2.05) is 36.1 Å². The van der Waals surface area contributed by atoms with Gasteiger partial charge in [-0.15, -0.1) is 0 Å². The predicted molar refractivity (Wildman–Crippen MR) is 91.8 cm³/mol. The average molecular weight is 316 g/mol. The maximum absolute atomic E-state index is 12.7. The summed E-state index contributed by atoms with van der Waals surface area (Å²) in [4.78, 5) is 27.0. The van der Waals surface area contributed by atoms with Gasteiger partial charge in [0.25, 0.3) is 0 Å². The molecule has 4 nitrogen and oxygen atoms in total. The van der Waals surface area contributed by atoms with Crippen LogP contribution in [0.1, 0.15) is 44.7 Å². The standard InChI is InChI=1S/C19H28N2O2/c1-14-5-7-16(8-6-14)13-20-17(22)19(3,4)18(23)21-11-9-15(2)10-12-21/h5-8,15H,9-13H2,1-4H3,(H,20,22). The van der Waals surface area contributed by atoms with Gasteiger partial charge in [0.1, 0.15) is 5.41 Å². The van der Waals surface area contributed by atoms with Gasteiger partial charge < -0.3 is 10.2 Å². The van der Waals surface area contributed by atoms with Gasteiger partial charge in [0.05, 0.1) is 0 Å². The lowest BCUT2D eigenvalue weighted by molar-refractivity contribution is -0.149. The smallest absolute Gasteiger partial charge is 0.237 e. The minimum atomic E-state index is -1.02. The van der Waals surface area contributed by atoms with Gasteiger partial charge >= 0.3 is 0 Å². The molecule has 0 radical (unpaired) electrons. The zero-order chi connectivity index (χ0) is 17.0. The molecule has 2 rings (SSSR count). The summed E-state index contributed by atoms with van der Waals surface area (Å²) in [6.07, 6.45) is 2.04. The van der Waals surface area contributed by atoms with E-state index in [-0.39, 0.29) is 11.8 Å². The summed E-state index contributed by atoms with van der Waals surface area (Å²) in [6.45, 7) is 9.65. The molecular formula is C19H28N2O2. The highest BCUT2D eigenvalue weighted by molar-refractivity contribution is 6.04. The number of hydrogen-bond acceptors (Lipinski definition) is 2. The maximum Gasteiger partial charge on any atom is 0.237 e. The van der Waals surface area contributed by atoms with Crippen LogP contribution in [-0.2, 0) is 16.1 Å². The second-order valence-electron chi connectivity index (χ2n) is 7.27. The number of amides is 2. The Hall–Kier alpha value is -1.84. The number of rotatable bonds is 4. The first-order chi connectivity index (χ1) is 10.8. The number of likely N-dealkylation sites (tertiary alicyclic amines) is 1. The van der Waals surface area contributed by atoms with Crippen LogP contribution in [0.25, 0.3) is 0 Å². The molecule has 0 atom stereocenters. The molecule has 126 valence electrons. The lowest BCUT2D eigenvalue weighted by atomic mass is 9.88. The molecule has 1 fully saturated rings. The Labute approximate surface area is 139 Å². The second kappa shape index (κ2) is 7.16. The molecule has 1 aromatic rings. The molecule has 0 aliphatic carbocycles. The fraction of sp³-hybridized carbons (Fsp3) is 0.579. The van der Waals surface area contributed by atoms with Crippen molar-refractivity contribution in [1.82, 2.24) is 10.2 Å². The summed E-state index contributed by atoms with van der Waals surface area (Å²) in [7, 11) is 0. The van der Waals surface area contributed by atoms with Crippen LogP contribution in [0.5, 0.6) is 0 Å². The van der Waals surface area contributed by atoms with Gasteiger partial charge in [-0.3, -0.25) is 9.59 Å². The van der Waals surface area contributed by atoms with E-state index < -0.39 is 5.41 Å². The van der Waals surface area contributed by atoms with Crippen molar-refractivity contribution in [3.63, 3.8) is 0 Å². The van der Waals surface area contributed by atoms with Gasteiger partial charge in [-0.2, -0.15) is 0 Å². The van der Waals surface area contributed by atoms with Gasteiger partial charge in [-0.05, 0) is 45.1 Å². The predicted octanol–water partition coefficient (Wildman–Crippen LogP) is 2.90. The number of nitrogens with zero attached hydrogens (tertiary/aromatic N) is 1. The van der Waals surface area contributed by atoms with Gasteiger partial charge in [-0.1, -0.05) is 36.8 Å². The van der Waals surface area contributed by atoms with Crippen molar-refractivity contribution >= 4 is 11.8 Å². The molecule has 1 aliphatic heterocycles. The SMILES string of the molecule is Cc1ccc(CNC(=O)C(C)(C)C(=O)N2CCC(C)CC2)cc1.